The molecule has 0 radical (unpaired) electrons. The van der Waals surface area contributed by atoms with Gasteiger partial charge in [0.25, 0.3) is 0 Å². The number of nitrogens with two attached hydrogens (primary N) is 1. The van der Waals surface area contributed by atoms with E-state index < -0.39 is 0 Å². The van der Waals surface area contributed by atoms with Crippen LogP contribution in [0.25, 0.3) is 0 Å². The second-order valence-electron chi connectivity index (χ2n) is 4.98. The highest BCUT2D eigenvalue weighted by Gasteiger charge is 2.21. The fourth-order valence-corrected chi connectivity index (χ4v) is 3.67. The van der Waals surface area contributed by atoms with E-state index in [0.29, 0.717) is 6.54 Å². The average molecular weight is 252 g/mol. The van der Waals surface area contributed by atoms with Crippen molar-refractivity contribution >= 4 is 11.3 Å². The predicted molar refractivity (Wildman–Crippen MR) is 75.2 cm³/mol. The zero-order valence-electron chi connectivity index (χ0n) is 10.8. The predicted octanol–water partition coefficient (Wildman–Crippen LogP) is 3.36. The van der Waals surface area contributed by atoms with Crippen molar-refractivity contribution in [1.29, 1.82) is 0 Å². The normalized spacial score (nSPS) is 21.9. The largest absolute Gasteiger partial charge is 0.326 e. The van der Waals surface area contributed by atoms with Crippen molar-refractivity contribution in [2.45, 2.75) is 58.2 Å². The lowest BCUT2D eigenvalue weighted by molar-refractivity contribution is 0.133. The van der Waals surface area contributed by atoms with Crippen LogP contribution in [0.5, 0.6) is 0 Å². The molecule has 0 spiro atoms. The van der Waals surface area contributed by atoms with Gasteiger partial charge in [0, 0.05) is 28.9 Å². The average Bonchev–Trinajstić information content (AvgIpc) is 2.80. The molecule has 1 saturated heterocycles. The summed E-state index contributed by atoms with van der Waals surface area (Å²) in [7, 11) is 0. The Labute approximate surface area is 109 Å². The molecule has 96 valence electrons. The molecule has 17 heavy (non-hydrogen) atoms. The fraction of sp³-hybridized carbons (Fsp3) is 0.714. The molecule has 2 heterocycles. The number of hydrogen-bond acceptors (Lipinski definition) is 3. The lowest BCUT2D eigenvalue weighted by Crippen LogP contribution is -2.38. The Morgan fingerprint density at radius 3 is 2.88 bits per heavy atom. The molecule has 1 fully saturated rings. The number of likely N-dealkylation sites (tertiary alicyclic amines) is 1. The quantitative estimate of drug-likeness (QED) is 0.870. The SMILES string of the molecule is CCCC1CCCCN1Cc1ccc(CN)s1. The highest BCUT2D eigenvalue weighted by atomic mass is 32.1. The monoisotopic (exact) mass is 252 g/mol. The summed E-state index contributed by atoms with van der Waals surface area (Å²) in [4.78, 5) is 5.47. The van der Waals surface area contributed by atoms with Crippen LogP contribution < -0.4 is 5.73 Å². The molecule has 0 amide bonds. The van der Waals surface area contributed by atoms with Crippen LogP contribution in [-0.4, -0.2) is 17.5 Å². The van der Waals surface area contributed by atoms with Gasteiger partial charge in [0.05, 0.1) is 0 Å². The van der Waals surface area contributed by atoms with Gasteiger partial charge in [-0.2, -0.15) is 0 Å². The van der Waals surface area contributed by atoms with Gasteiger partial charge in [-0.3, -0.25) is 4.90 Å². The molecule has 2 rings (SSSR count). The van der Waals surface area contributed by atoms with Crippen LogP contribution in [0.1, 0.15) is 48.8 Å². The molecule has 0 saturated carbocycles. The van der Waals surface area contributed by atoms with Crippen LogP contribution in [0.3, 0.4) is 0 Å². The van der Waals surface area contributed by atoms with Crippen molar-refractivity contribution < 1.29 is 0 Å². The molecule has 2 nitrogen and oxygen atoms in total. The lowest BCUT2D eigenvalue weighted by atomic mass is 9.98. The first kappa shape index (κ1) is 13.1. The maximum absolute atomic E-state index is 5.67. The van der Waals surface area contributed by atoms with Crippen LogP contribution in [0.2, 0.25) is 0 Å². The van der Waals surface area contributed by atoms with Crippen molar-refractivity contribution in [3.8, 4) is 0 Å². The summed E-state index contributed by atoms with van der Waals surface area (Å²) in [5, 5.41) is 0. The molecular formula is C14H24N2S. The van der Waals surface area contributed by atoms with Gasteiger partial charge in [-0.15, -0.1) is 11.3 Å². The summed E-state index contributed by atoms with van der Waals surface area (Å²) in [6.07, 6.45) is 6.84. The molecule has 0 aromatic carbocycles. The molecule has 1 unspecified atom stereocenters. The topological polar surface area (TPSA) is 29.3 Å². The Bertz CT molecular complexity index is 333. The Hall–Kier alpha value is -0.380. The van der Waals surface area contributed by atoms with Gasteiger partial charge in [-0.05, 0) is 37.9 Å². The van der Waals surface area contributed by atoms with Gasteiger partial charge in [-0.1, -0.05) is 19.8 Å². The number of nitrogens with zero attached hydrogens (tertiary/aromatic N) is 1. The number of rotatable bonds is 5. The molecule has 0 aliphatic carbocycles. The summed E-state index contributed by atoms with van der Waals surface area (Å²) < 4.78 is 0. The Kier molecular flexibility index (Phi) is 5.01. The molecule has 1 aliphatic rings. The van der Waals surface area contributed by atoms with Gasteiger partial charge in [0.2, 0.25) is 0 Å². The molecule has 1 atom stereocenters. The third kappa shape index (κ3) is 3.54. The van der Waals surface area contributed by atoms with Crippen LogP contribution in [0, 0.1) is 0 Å². The van der Waals surface area contributed by atoms with Gasteiger partial charge >= 0.3 is 0 Å². The molecule has 3 heteroatoms. The van der Waals surface area contributed by atoms with Crippen molar-refractivity contribution in [2.24, 2.45) is 5.73 Å². The van der Waals surface area contributed by atoms with E-state index in [9.17, 15) is 0 Å². The maximum Gasteiger partial charge on any atom is 0.0330 e. The lowest BCUT2D eigenvalue weighted by Gasteiger charge is -2.35. The van der Waals surface area contributed by atoms with Crippen LogP contribution in [-0.2, 0) is 13.1 Å². The third-order valence-corrected chi connectivity index (χ3v) is 4.74. The first-order chi connectivity index (χ1) is 8.33. The van der Waals surface area contributed by atoms with Gasteiger partial charge < -0.3 is 5.73 Å². The zero-order valence-corrected chi connectivity index (χ0v) is 11.6. The van der Waals surface area contributed by atoms with E-state index in [4.69, 9.17) is 5.73 Å². The van der Waals surface area contributed by atoms with Gasteiger partial charge in [0.1, 0.15) is 0 Å². The van der Waals surface area contributed by atoms with E-state index in [2.05, 4.69) is 24.0 Å². The highest BCUT2D eigenvalue weighted by molar-refractivity contribution is 7.11. The first-order valence-corrected chi connectivity index (χ1v) is 7.67. The number of hydrogen-bond donors (Lipinski definition) is 1. The minimum Gasteiger partial charge on any atom is -0.326 e. The summed E-state index contributed by atoms with van der Waals surface area (Å²) in [5.74, 6) is 0. The first-order valence-electron chi connectivity index (χ1n) is 6.85. The van der Waals surface area contributed by atoms with E-state index in [1.165, 1.54) is 48.4 Å². The Morgan fingerprint density at radius 1 is 1.35 bits per heavy atom. The zero-order chi connectivity index (χ0) is 12.1. The summed E-state index contributed by atoms with van der Waals surface area (Å²) in [6.45, 7) is 5.39. The molecule has 2 N–H and O–H groups in total. The Balaban J connectivity index is 1.95. The second kappa shape index (κ2) is 6.53. The van der Waals surface area contributed by atoms with Crippen LogP contribution in [0.15, 0.2) is 12.1 Å². The summed E-state index contributed by atoms with van der Waals surface area (Å²) >= 11 is 1.88. The van der Waals surface area contributed by atoms with E-state index in [1.54, 1.807) is 0 Å². The van der Waals surface area contributed by atoms with Gasteiger partial charge in [0.15, 0.2) is 0 Å². The molecule has 1 aliphatic heterocycles. The van der Waals surface area contributed by atoms with E-state index in [0.717, 1.165) is 12.6 Å². The van der Waals surface area contributed by atoms with E-state index >= 15 is 0 Å². The molecule has 0 bridgehead atoms. The van der Waals surface area contributed by atoms with Crippen molar-refractivity contribution in [2.75, 3.05) is 6.54 Å². The third-order valence-electron chi connectivity index (χ3n) is 3.65. The Morgan fingerprint density at radius 2 is 2.18 bits per heavy atom. The van der Waals surface area contributed by atoms with Crippen molar-refractivity contribution in [1.82, 2.24) is 4.90 Å². The molecule has 1 aromatic rings. The minimum absolute atomic E-state index is 0.684. The van der Waals surface area contributed by atoms with Gasteiger partial charge in [-0.25, -0.2) is 0 Å². The summed E-state index contributed by atoms with van der Waals surface area (Å²) in [5.41, 5.74) is 5.67. The standard InChI is InChI=1S/C14H24N2S/c1-2-5-12-6-3-4-9-16(12)11-14-8-7-13(10-15)17-14/h7-8,12H,2-6,9-11,15H2,1H3. The van der Waals surface area contributed by atoms with Crippen LogP contribution >= 0.6 is 11.3 Å². The van der Waals surface area contributed by atoms with E-state index in [-0.39, 0.29) is 0 Å². The van der Waals surface area contributed by atoms with Crippen LogP contribution in [0.4, 0.5) is 0 Å². The number of piperidine rings is 1. The maximum atomic E-state index is 5.67. The number of thiophene rings is 1. The van der Waals surface area contributed by atoms with E-state index in [1.807, 2.05) is 11.3 Å². The minimum atomic E-state index is 0.684. The smallest absolute Gasteiger partial charge is 0.0330 e. The molecule has 1 aromatic heterocycles. The highest BCUT2D eigenvalue weighted by Crippen LogP contribution is 2.25. The fourth-order valence-electron chi connectivity index (χ4n) is 2.75. The molecular weight excluding hydrogens is 228 g/mol. The summed E-state index contributed by atoms with van der Waals surface area (Å²) in [6, 6.07) is 5.25. The second-order valence-corrected chi connectivity index (χ2v) is 6.23. The van der Waals surface area contributed by atoms with Crippen molar-refractivity contribution in [3.05, 3.63) is 21.9 Å². The van der Waals surface area contributed by atoms with Crippen molar-refractivity contribution in [3.63, 3.8) is 0 Å².